The number of hydrogen-bond acceptors (Lipinski definition) is 2. The van der Waals surface area contributed by atoms with Crippen molar-refractivity contribution in [2.75, 3.05) is 0 Å². The Labute approximate surface area is 124 Å². The van der Waals surface area contributed by atoms with E-state index in [0.29, 0.717) is 0 Å². The van der Waals surface area contributed by atoms with Crippen molar-refractivity contribution in [2.24, 2.45) is 0 Å². The molecule has 0 bridgehead atoms. The molecule has 116 valence electrons. The lowest BCUT2D eigenvalue weighted by molar-refractivity contribution is -0.137. The molecule has 0 fully saturated rings. The summed E-state index contributed by atoms with van der Waals surface area (Å²) >= 11 is 0. The third kappa shape index (κ3) is 3.94. The summed E-state index contributed by atoms with van der Waals surface area (Å²) in [7, 11) is -3.85. The Morgan fingerprint density at radius 2 is 1.59 bits per heavy atom. The fourth-order valence-corrected chi connectivity index (χ4v) is 2.70. The van der Waals surface area contributed by atoms with Crippen molar-refractivity contribution in [3.63, 3.8) is 0 Å². The molecule has 0 aliphatic carbocycles. The van der Waals surface area contributed by atoms with Crippen LogP contribution in [0.2, 0.25) is 0 Å². The maximum Gasteiger partial charge on any atom is 0.416 e. The van der Waals surface area contributed by atoms with Crippen LogP contribution in [-0.2, 0) is 16.0 Å². The molecule has 0 N–H and O–H groups in total. The van der Waals surface area contributed by atoms with Gasteiger partial charge in [-0.25, -0.2) is 12.8 Å². The van der Waals surface area contributed by atoms with Crippen LogP contribution in [0.3, 0.4) is 0 Å². The Kier molecular flexibility index (Phi) is 4.37. The second kappa shape index (κ2) is 5.92. The molecule has 0 aliphatic rings. The average Bonchev–Trinajstić information content (AvgIpc) is 2.45. The maximum absolute atomic E-state index is 12.8. The SMILES string of the molecule is O=S(=O)(/C=C/c1cccc(C(F)(F)F)c1)c1ccc(F)cc1. The van der Waals surface area contributed by atoms with Gasteiger partial charge in [-0.05, 0) is 48.0 Å². The van der Waals surface area contributed by atoms with Crippen molar-refractivity contribution in [3.05, 3.63) is 70.9 Å². The van der Waals surface area contributed by atoms with Crippen LogP contribution in [0, 0.1) is 5.82 Å². The van der Waals surface area contributed by atoms with Gasteiger partial charge in [-0.1, -0.05) is 12.1 Å². The smallest absolute Gasteiger partial charge is 0.219 e. The third-order valence-corrected chi connectivity index (χ3v) is 4.22. The fourth-order valence-electron chi connectivity index (χ4n) is 1.69. The van der Waals surface area contributed by atoms with E-state index >= 15 is 0 Å². The molecule has 0 heterocycles. The number of alkyl halides is 3. The Hall–Kier alpha value is -2.15. The van der Waals surface area contributed by atoms with Gasteiger partial charge in [-0.3, -0.25) is 0 Å². The van der Waals surface area contributed by atoms with Gasteiger partial charge >= 0.3 is 6.18 Å². The van der Waals surface area contributed by atoms with Gasteiger partial charge in [0.2, 0.25) is 0 Å². The summed E-state index contributed by atoms with van der Waals surface area (Å²) in [6, 6.07) is 8.43. The molecule has 2 aromatic rings. The summed E-state index contributed by atoms with van der Waals surface area (Å²) in [5.41, 5.74) is -0.769. The Balaban J connectivity index is 2.30. The molecule has 0 aliphatic heterocycles. The molecule has 2 rings (SSSR count). The second-order valence-corrected chi connectivity index (χ2v) is 6.26. The first kappa shape index (κ1) is 16.2. The van der Waals surface area contributed by atoms with E-state index in [1.54, 1.807) is 0 Å². The van der Waals surface area contributed by atoms with Gasteiger partial charge in [-0.15, -0.1) is 0 Å². The van der Waals surface area contributed by atoms with E-state index in [4.69, 9.17) is 0 Å². The normalized spacial score (nSPS) is 12.7. The number of sulfone groups is 1. The monoisotopic (exact) mass is 330 g/mol. The first-order valence-electron chi connectivity index (χ1n) is 6.04. The fraction of sp³-hybridized carbons (Fsp3) is 0.0667. The minimum atomic E-state index is -4.50. The highest BCUT2D eigenvalue weighted by molar-refractivity contribution is 7.94. The molecule has 2 aromatic carbocycles. The van der Waals surface area contributed by atoms with Crippen molar-refractivity contribution in [3.8, 4) is 0 Å². The zero-order valence-corrected chi connectivity index (χ0v) is 11.8. The highest BCUT2D eigenvalue weighted by Crippen LogP contribution is 2.29. The van der Waals surface area contributed by atoms with Crippen LogP contribution in [0.4, 0.5) is 17.6 Å². The summed E-state index contributed by atoms with van der Waals surface area (Å²) in [5.74, 6) is -0.583. The molecule has 0 saturated heterocycles. The Bertz CT molecular complexity index is 791. The maximum atomic E-state index is 12.8. The second-order valence-electron chi connectivity index (χ2n) is 4.42. The molecule has 0 spiro atoms. The molecular weight excluding hydrogens is 320 g/mol. The minimum Gasteiger partial charge on any atom is -0.219 e. The zero-order chi connectivity index (χ0) is 16.4. The van der Waals surface area contributed by atoms with Crippen molar-refractivity contribution in [1.82, 2.24) is 0 Å². The molecule has 0 atom stereocenters. The lowest BCUT2D eigenvalue weighted by atomic mass is 10.1. The zero-order valence-electron chi connectivity index (χ0n) is 11.0. The van der Waals surface area contributed by atoms with E-state index in [9.17, 15) is 26.0 Å². The molecule has 0 unspecified atom stereocenters. The van der Waals surface area contributed by atoms with Crippen LogP contribution in [0.15, 0.2) is 58.8 Å². The van der Waals surface area contributed by atoms with Crippen molar-refractivity contribution in [1.29, 1.82) is 0 Å². The molecule has 2 nitrogen and oxygen atoms in total. The standard InChI is InChI=1S/C15H10F4O2S/c16-13-4-6-14(7-5-13)22(20,21)9-8-11-2-1-3-12(10-11)15(17,18)19/h1-10H/b9-8+. The van der Waals surface area contributed by atoms with Gasteiger partial charge in [0.15, 0.2) is 9.84 Å². The van der Waals surface area contributed by atoms with Crippen LogP contribution in [0.1, 0.15) is 11.1 Å². The van der Waals surface area contributed by atoms with Crippen molar-refractivity contribution < 1.29 is 26.0 Å². The Morgan fingerprint density at radius 1 is 0.955 bits per heavy atom. The molecular formula is C15H10F4O2S. The first-order valence-corrected chi connectivity index (χ1v) is 7.59. The van der Waals surface area contributed by atoms with Gasteiger partial charge in [0, 0.05) is 5.41 Å². The van der Waals surface area contributed by atoms with Crippen molar-refractivity contribution >= 4 is 15.9 Å². The molecule has 0 radical (unpaired) electrons. The number of rotatable bonds is 3. The van der Waals surface area contributed by atoms with Crippen LogP contribution in [0.25, 0.3) is 6.08 Å². The van der Waals surface area contributed by atoms with Gasteiger partial charge in [0.05, 0.1) is 10.5 Å². The molecule has 0 amide bonds. The summed E-state index contributed by atoms with van der Waals surface area (Å²) in [5, 5.41) is 0.787. The summed E-state index contributed by atoms with van der Waals surface area (Å²) in [6.45, 7) is 0. The predicted octanol–water partition coefficient (Wildman–Crippen LogP) is 4.29. The van der Waals surface area contributed by atoms with Gasteiger partial charge in [0.1, 0.15) is 5.82 Å². The third-order valence-electron chi connectivity index (χ3n) is 2.80. The topological polar surface area (TPSA) is 34.1 Å². The average molecular weight is 330 g/mol. The molecule has 0 saturated carbocycles. The molecule has 0 aromatic heterocycles. The van der Waals surface area contributed by atoms with Crippen LogP contribution >= 0.6 is 0 Å². The number of halogens is 4. The summed E-state index contributed by atoms with van der Waals surface area (Å²) < 4.78 is 74.4. The molecule has 22 heavy (non-hydrogen) atoms. The summed E-state index contributed by atoms with van der Waals surface area (Å²) in [4.78, 5) is -0.142. The van der Waals surface area contributed by atoms with E-state index in [0.717, 1.165) is 47.9 Å². The predicted molar refractivity (Wildman–Crippen MR) is 74.1 cm³/mol. The van der Waals surface area contributed by atoms with E-state index < -0.39 is 27.4 Å². The van der Waals surface area contributed by atoms with Crippen molar-refractivity contribution in [2.45, 2.75) is 11.1 Å². The minimum absolute atomic E-state index is 0.0977. The first-order chi connectivity index (χ1) is 10.2. The van der Waals surface area contributed by atoms with E-state index in [1.807, 2.05) is 0 Å². The van der Waals surface area contributed by atoms with Crippen LogP contribution in [0.5, 0.6) is 0 Å². The number of hydrogen-bond donors (Lipinski definition) is 0. The highest BCUT2D eigenvalue weighted by Gasteiger charge is 2.30. The van der Waals surface area contributed by atoms with Gasteiger partial charge in [0.25, 0.3) is 0 Å². The van der Waals surface area contributed by atoms with E-state index in [1.165, 1.54) is 12.1 Å². The van der Waals surface area contributed by atoms with E-state index in [2.05, 4.69) is 0 Å². The van der Waals surface area contributed by atoms with Gasteiger partial charge in [-0.2, -0.15) is 13.2 Å². The van der Waals surface area contributed by atoms with E-state index in [-0.39, 0.29) is 10.5 Å². The quantitative estimate of drug-likeness (QED) is 0.621. The Morgan fingerprint density at radius 3 is 2.18 bits per heavy atom. The van der Waals surface area contributed by atoms with Crippen LogP contribution in [-0.4, -0.2) is 8.42 Å². The largest absolute Gasteiger partial charge is 0.416 e. The molecule has 7 heteroatoms. The lowest BCUT2D eigenvalue weighted by Crippen LogP contribution is -2.04. The van der Waals surface area contributed by atoms with Gasteiger partial charge < -0.3 is 0 Å². The van der Waals surface area contributed by atoms with Crippen LogP contribution < -0.4 is 0 Å². The number of benzene rings is 2. The lowest BCUT2D eigenvalue weighted by Gasteiger charge is -2.06. The highest BCUT2D eigenvalue weighted by atomic mass is 32.2. The summed E-state index contributed by atoms with van der Waals surface area (Å²) in [6.07, 6.45) is -3.44.